The summed E-state index contributed by atoms with van der Waals surface area (Å²) in [6.07, 6.45) is 32.1. The summed E-state index contributed by atoms with van der Waals surface area (Å²) >= 11 is 0. The molecule has 5 heteroatoms. The summed E-state index contributed by atoms with van der Waals surface area (Å²) in [4.78, 5) is 25.6. The summed E-state index contributed by atoms with van der Waals surface area (Å²) in [5.41, 5.74) is 0. The van der Waals surface area contributed by atoms with E-state index in [9.17, 15) is 14.7 Å². The van der Waals surface area contributed by atoms with E-state index >= 15 is 0 Å². The fourth-order valence-electron chi connectivity index (χ4n) is 5.86. The molecule has 0 aliphatic carbocycles. The van der Waals surface area contributed by atoms with Gasteiger partial charge in [0.05, 0.1) is 0 Å². The van der Waals surface area contributed by atoms with Gasteiger partial charge in [0.15, 0.2) is 0 Å². The third kappa shape index (κ3) is 29.4. The highest BCUT2D eigenvalue weighted by molar-refractivity contribution is 5.70. The molecule has 2 atom stereocenters. The standard InChI is InChI=1S/C38H74O5/c1-4-7-10-13-16-19-20-23-26-29-32-38(41)43-36(33-34-39)35(30-27-24-21-17-14-11-8-5-2)42-37(40)31-28-25-22-18-15-12-9-6-3/h35-36,39H,4-34H2,1-3H3/t35?,36-/m1/s1. The molecule has 1 unspecified atom stereocenters. The van der Waals surface area contributed by atoms with E-state index in [4.69, 9.17) is 9.47 Å². The minimum Gasteiger partial charge on any atom is -0.458 e. The second kappa shape index (κ2) is 33.8. The van der Waals surface area contributed by atoms with Crippen molar-refractivity contribution in [3.63, 3.8) is 0 Å². The minimum absolute atomic E-state index is 0.0836. The van der Waals surface area contributed by atoms with Crippen LogP contribution in [0.3, 0.4) is 0 Å². The molecule has 0 aliphatic rings. The van der Waals surface area contributed by atoms with Crippen LogP contribution in [-0.2, 0) is 19.1 Å². The summed E-state index contributed by atoms with van der Waals surface area (Å²) in [7, 11) is 0. The van der Waals surface area contributed by atoms with Gasteiger partial charge in [0.25, 0.3) is 0 Å². The summed E-state index contributed by atoms with van der Waals surface area (Å²) in [5.74, 6) is -0.415. The molecular formula is C38H74O5. The van der Waals surface area contributed by atoms with Crippen molar-refractivity contribution in [2.75, 3.05) is 6.61 Å². The van der Waals surface area contributed by atoms with E-state index in [0.29, 0.717) is 25.7 Å². The van der Waals surface area contributed by atoms with Crippen molar-refractivity contribution in [2.45, 2.75) is 226 Å². The van der Waals surface area contributed by atoms with Gasteiger partial charge in [-0.1, -0.05) is 168 Å². The zero-order valence-electron chi connectivity index (χ0n) is 29.2. The molecule has 0 amide bonds. The first-order valence-corrected chi connectivity index (χ1v) is 19.1. The molecular weight excluding hydrogens is 536 g/mol. The molecule has 0 rings (SSSR count). The van der Waals surface area contributed by atoms with E-state index in [0.717, 1.165) is 38.5 Å². The Morgan fingerprint density at radius 3 is 1.02 bits per heavy atom. The predicted molar refractivity (Wildman–Crippen MR) is 182 cm³/mol. The number of unbranched alkanes of at least 4 members (excludes halogenated alkanes) is 23. The second-order valence-electron chi connectivity index (χ2n) is 13.0. The van der Waals surface area contributed by atoms with Crippen LogP contribution < -0.4 is 0 Å². The van der Waals surface area contributed by atoms with Crippen LogP contribution in [0.25, 0.3) is 0 Å². The second-order valence-corrected chi connectivity index (χ2v) is 13.0. The number of carbonyl (C=O) groups is 2. The molecule has 0 bridgehead atoms. The van der Waals surface area contributed by atoms with Crippen LogP contribution in [0, 0.1) is 0 Å². The van der Waals surface area contributed by atoms with Gasteiger partial charge in [-0.25, -0.2) is 0 Å². The van der Waals surface area contributed by atoms with Gasteiger partial charge in [-0.15, -0.1) is 0 Å². The number of aliphatic hydroxyl groups excluding tert-OH is 1. The lowest BCUT2D eigenvalue weighted by atomic mass is 10.0. The zero-order chi connectivity index (χ0) is 31.6. The molecule has 1 N–H and O–H groups in total. The van der Waals surface area contributed by atoms with Crippen molar-refractivity contribution < 1.29 is 24.2 Å². The van der Waals surface area contributed by atoms with Gasteiger partial charge >= 0.3 is 11.9 Å². The first-order valence-electron chi connectivity index (χ1n) is 19.1. The highest BCUT2D eigenvalue weighted by atomic mass is 16.6. The van der Waals surface area contributed by atoms with E-state index in [1.54, 1.807) is 0 Å². The number of ether oxygens (including phenoxy) is 2. The maximum Gasteiger partial charge on any atom is 0.306 e. The highest BCUT2D eigenvalue weighted by Crippen LogP contribution is 2.20. The van der Waals surface area contributed by atoms with Crippen molar-refractivity contribution in [1.29, 1.82) is 0 Å². The number of esters is 2. The summed E-state index contributed by atoms with van der Waals surface area (Å²) in [5, 5.41) is 9.76. The third-order valence-corrected chi connectivity index (χ3v) is 8.71. The molecule has 0 fully saturated rings. The molecule has 0 spiro atoms. The maximum atomic E-state index is 12.8. The van der Waals surface area contributed by atoms with E-state index < -0.39 is 12.2 Å². The fourth-order valence-corrected chi connectivity index (χ4v) is 5.86. The number of hydrogen-bond acceptors (Lipinski definition) is 5. The van der Waals surface area contributed by atoms with Gasteiger partial charge in [0.2, 0.25) is 0 Å². The van der Waals surface area contributed by atoms with Crippen LogP contribution in [0.1, 0.15) is 213 Å². The van der Waals surface area contributed by atoms with Gasteiger partial charge in [-0.3, -0.25) is 9.59 Å². The Morgan fingerprint density at radius 2 is 0.698 bits per heavy atom. The average Bonchev–Trinajstić information content (AvgIpc) is 3.00. The molecule has 0 aliphatic heterocycles. The van der Waals surface area contributed by atoms with Gasteiger partial charge in [0.1, 0.15) is 12.2 Å². The van der Waals surface area contributed by atoms with Gasteiger partial charge in [0, 0.05) is 25.9 Å². The Kier molecular flexibility index (Phi) is 32.9. The molecule has 0 saturated carbocycles. The normalized spacial score (nSPS) is 12.7. The Morgan fingerprint density at radius 1 is 0.419 bits per heavy atom. The van der Waals surface area contributed by atoms with Crippen molar-refractivity contribution >= 4 is 11.9 Å². The number of aliphatic hydroxyl groups is 1. The lowest BCUT2D eigenvalue weighted by molar-refractivity contribution is -0.170. The van der Waals surface area contributed by atoms with Crippen LogP contribution in [0.5, 0.6) is 0 Å². The fraction of sp³-hybridized carbons (Fsp3) is 0.947. The van der Waals surface area contributed by atoms with Crippen LogP contribution in [0.4, 0.5) is 0 Å². The Labute approximate surface area is 268 Å². The first-order chi connectivity index (χ1) is 21.1. The van der Waals surface area contributed by atoms with Crippen molar-refractivity contribution in [3.05, 3.63) is 0 Å². The van der Waals surface area contributed by atoms with Crippen molar-refractivity contribution in [2.24, 2.45) is 0 Å². The van der Waals surface area contributed by atoms with Crippen LogP contribution in [-0.4, -0.2) is 35.9 Å². The average molecular weight is 611 g/mol. The van der Waals surface area contributed by atoms with Crippen LogP contribution in [0.2, 0.25) is 0 Å². The maximum absolute atomic E-state index is 12.8. The summed E-state index contributed by atoms with van der Waals surface area (Å²) in [6, 6.07) is 0. The zero-order valence-corrected chi connectivity index (χ0v) is 29.2. The smallest absolute Gasteiger partial charge is 0.306 e. The number of hydrogen-bond donors (Lipinski definition) is 1. The molecule has 5 nitrogen and oxygen atoms in total. The molecule has 0 aromatic heterocycles. The Bertz CT molecular complexity index is 593. The largest absolute Gasteiger partial charge is 0.458 e. The topological polar surface area (TPSA) is 72.8 Å². The SMILES string of the molecule is CCCCCCCCCCCCC(=O)O[C@H](CCO)C(CCCCCCCCCC)OC(=O)CCCCCCCCCC. The minimum atomic E-state index is -0.562. The van der Waals surface area contributed by atoms with E-state index in [1.807, 2.05) is 0 Å². The van der Waals surface area contributed by atoms with Crippen molar-refractivity contribution in [1.82, 2.24) is 0 Å². The lowest BCUT2D eigenvalue weighted by Gasteiger charge is -2.27. The lowest BCUT2D eigenvalue weighted by Crippen LogP contribution is -2.36. The van der Waals surface area contributed by atoms with Crippen LogP contribution in [0.15, 0.2) is 0 Å². The summed E-state index contributed by atoms with van der Waals surface area (Å²) in [6.45, 7) is 6.64. The predicted octanol–water partition coefficient (Wildman–Crippen LogP) is 11.6. The molecule has 0 heterocycles. The monoisotopic (exact) mass is 611 g/mol. The van der Waals surface area contributed by atoms with Gasteiger partial charge < -0.3 is 14.6 Å². The molecule has 0 aromatic carbocycles. The summed E-state index contributed by atoms with van der Waals surface area (Å²) < 4.78 is 11.8. The number of carbonyl (C=O) groups excluding carboxylic acids is 2. The number of rotatable bonds is 34. The van der Waals surface area contributed by atoms with Gasteiger partial charge in [-0.05, 0) is 25.7 Å². The van der Waals surface area contributed by atoms with E-state index in [-0.39, 0.29) is 18.5 Å². The Hall–Kier alpha value is -1.10. The molecule has 0 saturated heterocycles. The Balaban J connectivity index is 4.62. The highest BCUT2D eigenvalue weighted by Gasteiger charge is 2.28. The quantitative estimate of drug-likeness (QED) is 0.0579. The van der Waals surface area contributed by atoms with Crippen LogP contribution >= 0.6 is 0 Å². The first kappa shape index (κ1) is 41.9. The van der Waals surface area contributed by atoms with E-state index in [2.05, 4.69) is 20.8 Å². The molecule has 0 radical (unpaired) electrons. The molecule has 43 heavy (non-hydrogen) atoms. The van der Waals surface area contributed by atoms with E-state index in [1.165, 1.54) is 128 Å². The molecule has 256 valence electrons. The third-order valence-electron chi connectivity index (χ3n) is 8.71. The van der Waals surface area contributed by atoms with Crippen molar-refractivity contribution in [3.8, 4) is 0 Å². The molecule has 0 aromatic rings. The van der Waals surface area contributed by atoms with Gasteiger partial charge in [-0.2, -0.15) is 0 Å².